The molecule has 104 valence electrons. The smallest absolute Gasteiger partial charge is 0.119 e. The van der Waals surface area contributed by atoms with Crippen LogP contribution in [0.1, 0.15) is 24.0 Å². The SMILES string of the molecule is c1ccc(OCc2ccccc2CCNC2CC2)cc1. The van der Waals surface area contributed by atoms with Crippen LogP contribution >= 0.6 is 0 Å². The highest BCUT2D eigenvalue weighted by Gasteiger charge is 2.19. The summed E-state index contributed by atoms with van der Waals surface area (Å²) in [5.41, 5.74) is 2.67. The van der Waals surface area contributed by atoms with Gasteiger partial charge in [-0.1, -0.05) is 42.5 Å². The summed E-state index contributed by atoms with van der Waals surface area (Å²) in [6, 6.07) is 19.3. The first-order valence-corrected chi connectivity index (χ1v) is 7.40. The van der Waals surface area contributed by atoms with Gasteiger partial charge in [-0.15, -0.1) is 0 Å². The average Bonchev–Trinajstić information content (AvgIpc) is 3.32. The van der Waals surface area contributed by atoms with Crippen molar-refractivity contribution in [3.63, 3.8) is 0 Å². The molecule has 2 aromatic carbocycles. The van der Waals surface area contributed by atoms with Crippen LogP contribution in [0, 0.1) is 0 Å². The zero-order valence-corrected chi connectivity index (χ0v) is 11.7. The van der Waals surface area contributed by atoms with Gasteiger partial charge in [-0.05, 0) is 49.1 Å². The zero-order valence-electron chi connectivity index (χ0n) is 11.7. The Kier molecular flexibility index (Phi) is 4.34. The van der Waals surface area contributed by atoms with Gasteiger partial charge in [0, 0.05) is 6.04 Å². The topological polar surface area (TPSA) is 21.3 Å². The molecule has 0 heterocycles. The molecule has 0 aliphatic heterocycles. The number of benzene rings is 2. The van der Waals surface area contributed by atoms with Gasteiger partial charge in [0.25, 0.3) is 0 Å². The van der Waals surface area contributed by atoms with E-state index in [0.29, 0.717) is 6.61 Å². The Balaban J connectivity index is 1.57. The van der Waals surface area contributed by atoms with E-state index in [1.807, 2.05) is 30.3 Å². The van der Waals surface area contributed by atoms with Gasteiger partial charge in [-0.25, -0.2) is 0 Å². The van der Waals surface area contributed by atoms with Crippen molar-refractivity contribution in [1.29, 1.82) is 0 Å². The third-order valence-electron chi connectivity index (χ3n) is 3.66. The first-order valence-electron chi connectivity index (χ1n) is 7.40. The van der Waals surface area contributed by atoms with Gasteiger partial charge in [-0.2, -0.15) is 0 Å². The van der Waals surface area contributed by atoms with Crippen molar-refractivity contribution in [2.75, 3.05) is 6.54 Å². The first kappa shape index (κ1) is 13.2. The molecule has 1 aliphatic carbocycles. The first-order chi connectivity index (χ1) is 9.92. The molecule has 0 amide bonds. The van der Waals surface area contributed by atoms with Crippen molar-refractivity contribution in [1.82, 2.24) is 5.32 Å². The molecule has 20 heavy (non-hydrogen) atoms. The quantitative estimate of drug-likeness (QED) is 0.828. The number of para-hydroxylation sites is 1. The fraction of sp³-hybridized carbons (Fsp3) is 0.333. The Labute approximate surface area is 120 Å². The van der Waals surface area contributed by atoms with Crippen LogP contribution in [0.2, 0.25) is 0 Å². The lowest BCUT2D eigenvalue weighted by Crippen LogP contribution is -2.19. The number of nitrogens with one attached hydrogen (secondary N) is 1. The molecule has 0 atom stereocenters. The fourth-order valence-electron chi connectivity index (χ4n) is 2.32. The Morgan fingerprint density at radius 3 is 2.35 bits per heavy atom. The third kappa shape index (κ3) is 3.84. The monoisotopic (exact) mass is 267 g/mol. The molecule has 1 N–H and O–H groups in total. The molecule has 2 aromatic rings. The summed E-state index contributed by atoms with van der Waals surface area (Å²) < 4.78 is 5.85. The second kappa shape index (κ2) is 6.58. The van der Waals surface area contributed by atoms with Gasteiger partial charge in [0.2, 0.25) is 0 Å². The lowest BCUT2D eigenvalue weighted by atomic mass is 10.1. The second-order valence-electron chi connectivity index (χ2n) is 5.35. The van der Waals surface area contributed by atoms with Crippen molar-refractivity contribution in [2.45, 2.75) is 31.9 Å². The van der Waals surface area contributed by atoms with E-state index in [-0.39, 0.29) is 0 Å². The predicted molar refractivity (Wildman–Crippen MR) is 81.9 cm³/mol. The lowest BCUT2D eigenvalue weighted by Gasteiger charge is -2.11. The van der Waals surface area contributed by atoms with Crippen molar-refractivity contribution in [3.05, 3.63) is 65.7 Å². The van der Waals surface area contributed by atoms with E-state index in [2.05, 4.69) is 29.6 Å². The van der Waals surface area contributed by atoms with Gasteiger partial charge in [-0.3, -0.25) is 0 Å². The molecule has 0 saturated heterocycles. The van der Waals surface area contributed by atoms with Gasteiger partial charge in [0.1, 0.15) is 12.4 Å². The summed E-state index contributed by atoms with van der Waals surface area (Å²) in [6.45, 7) is 1.70. The van der Waals surface area contributed by atoms with Crippen molar-refractivity contribution < 1.29 is 4.74 Å². The van der Waals surface area contributed by atoms with Gasteiger partial charge in [0.05, 0.1) is 0 Å². The Bertz CT molecular complexity index is 534. The van der Waals surface area contributed by atoms with Gasteiger partial charge in [0.15, 0.2) is 0 Å². The molecule has 1 aliphatic rings. The third-order valence-corrected chi connectivity index (χ3v) is 3.66. The highest BCUT2D eigenvalue weighted by atomic mass is 16.5. The molecule has 1 saturated carbocycles. The summed E-state index contributed by atoms with van der Waals surface area (Å²) in [7, 11) is 0. The number of hydrogen-bond donors (Lipinski definition) is 1. The minimum absolute atomic E-state index is 0.642. The van der Waals surface area contributed by atoms with E-state index in [1.165, 1.54) is 24.0 Å². The summed E-state index contributed by atoms with van der Waals surface area (Å²) in [5, 5.41) is 3.57. The summed E-state index contributed by atoms with van der Waals surface area (Å²) in [6.07, 6.45) is 3.77. The maximum atomic E-state index is 5.85. The van der Waals surface area contributed by atoms with Crippen molar-refractivity contribution >= 4 is 0 Å². The molecule has 0 radical (unpaired) electrons. The van der Waals surface area contributed by atoms with Crippen LogP contribution in [-0.2, 0) is 13.0 Å². The normalized spacial score (nSPS) is 14.2. The predicted octanol–water partition coefficient (Wildman–Crippen LogP) is 3.56. The number of rotatable bonds is 7. The van der Waals surface area contributed by atoms with Gasteiger partial charge >= 0.3 is 0 Å². The van der Waals surface area contributed by atoms with Crippen LogP contribution in [0.5, 0.6) is 5.75 Å². The van der Waals surface area contributed by atoms with E-state index < -0.39 is 0 Å². The Morgan fingerprint density at radius 1 is 0.900 bits per heavy atom. The molecule has 3 rings (SSSR count). The second-order valence-corrected chi connectivity index (χ2v) is 5.35. The molecule has 0 aromatic heterocycles. The number of ether oxygens (including phenoxy) is 1. The van der Waals surface area contributed by atoms with Crippen LogP contribution < -0.4 is 10.1 Å². The van der Waals surface area contributed by atoms with Crippen molar-refractivity contribution in [3.8, 4) is 5.75 Å². The van der Waals surface area contributed by atoms with Crippen molar-refractivity contribution in [2.24, 2.45) is 0 Å². The molecule has 0 bridgehead atoms. The minimum atomic E-state index is 0.642. The summed E-state index contributed by atoms with van der Waals surface area (Å²) in [4.78, 5) is 0. The fourth-order valence-corrected chi connectivity index (χ4v) is 2.32. The molecule has 2 heteroatoms. The van der Waals surface area contributed by atoms with E-state index in [0.717, 1.165) is 24.8 Å². The Morgan fingerprint density at radius 2 is 1.60 bits per heavy atom. The average molecular weight is 267 g/mol. The molecular weight excluding hydrogens is 246 g/mol. The molecule has 0 spiro atoms. The minimum Gasteiger partial charge on any atom is -0.489 e. The van der Waals surface area contributed by atoms with E-state index in [4.69, 9.17) is 4.74 Å². The summed E-state index contributed by atoms with van der Waals surface area (Å²) in [5.74, 6) is 0.929. The van der Waals surface area contributed by atoms with Crippen LogP contribution in [0.3, 0.4) is 0 Å². The Hall–Kier alpha value is -1.80. The largest absolute Gasteiger partial charge is 0.489 e. The van der Waals surface area contributed by atoms with Crippen LogP contribution in [-0.4, -0.2) is 12.6 Å². The molecule has 0 unspecified atom stereocenters. The lowest BCUT2D eigenvalue weighted by molar-refractivity contribution is 0.305. The van der Waals surface area contributed by atoms with Gasteiger partial charge < -0.3 is 10.1 Å². The van der Waals surface area contributed by atoms with E-state index in [9.17, 15) is 0 Å². The maximum Gasteiger partial charge on any atom is 0.119 e. The van der Waals surface area contributed by atoms with E-state index >= 15 is 0 Å². The van der Waals surface area contributed by atoms with Crippen LogP contribution in [0.4, 0.5) is 0 Å². The molecule has 1 fully saturated rings. The zero-order chi connectivity index (χ0) is 13.6. The molecule has 2 nitrogen and oxygen atoms in total. The van der Waals surface area contributed by atoms with E-state index in [1.54, 1.807) is 0 Å². The number of hydrogen-bond acceptors (Lipinski definition) is 2. The van der Waals surface area contributed by atoms with Crippen LogP contribution in [0.25, 0.3) is 0 Å². The highest BCUT2D eigenvalue weighted by Crippen LogP contribution is 2.19. The summed E-state index contributed by atoms with van der Waals surface area (Å²) >= 11 is 0. The standard InChI is InChI=1S/C18H21NO/c1-2-8-18(9-3-1)20-14-16-7-5-4-6-15(16)12-13-19-17-10-11-17/h1-9,17,19H,10-14H2. The highest BCUT2D eigenvalue weighted by molar-refractivity contribution is 5.28. The van der Waals surface area contributed by atoms with Crippen LogP contribution in [0.15, 0.2) is 54.6 Å². The maximum absolute atomic E-state index is 5.85. The molecular formula is C18H21NO.